The van der Waals surface area contributed by atoms with Gasteiger partial charge in [0.05, 0.1) is 4.92 Å². The second-order valence-electron chi connectivity index (χ2n) is 4.59. The lowest BCUT2D eigenvalue weighted by atomic mass is 10.3. The normalized spacial score (nSPS) is 12.8. The Morgan fingerprint density at radius 1 is 1.53 bits per heavy atom. The van der Waals surface area contributed by atoms with Gasteiger partial charge >= 0.3 is 0 Å². The predicted molar refractivity (Wildman–Crippen MR) is 72.3 cm³/mol. The van der Waals surface area contributed by atoms with Crippen molar-refractivity contribution in [3.05, 3.63) is 28.3 Å². The molecule has 0 spiro atoms. The van der Waals surface area contributed by atoms with Gasteiger partial charge in [0.25, 0.3) is 11.7 Å². The second kappa shape index (κ2) is 5.23. The van der Waals surface area contributed by atoms with Crippen LogP contribution in [0.3, 0.4) is 0 Å². The number of hydrogen-bond donors (Lipinski definition) is 1. The number of rotatable bonds is 5. The number of aromatic nitrogens is 1. The Bertz CT molecular complexity index is 594. The van der Waals surface area contributed by atoms with Gasteiger partial charge in [0.2, 0.25) is 0 Å². The van der Waals surface area contributed by atoms with Crippen molar-refractivity contribution in [2.75, 3.05) is 26.0 Å². The maximum absolute atomic E-state index is 10.9. The summed E-state index contributed by atoms with van der Waals surface area (Å²) in [5.41, 5.74) is 0.636. The van der Waals surface area contributed by atoms with Crippen molar-refractivity contribution in [3.8, 4) is 0 Å². The zero-order valence-corrected chi connectivity index (χ0v) is 11.1. The van der Waals surface area contributed by atoms with Gasteiger partial charge in [-0.2, -0.15) is 4.98 Å². The van der Waals surface area contributed by atoms with Gasteiger partial charge in [0, 0.05) is 18.7 Å². The van der Waals surface area contributed by atoms with Gasteiger partial charge in [-0.3, -0.25) is 10.1 Å². The maximum Gasteiger partial charge on any atom is 0.298 e. The van der Waals surface area contributed by atoms with Gasteiger partial charge < -0.3 is 14.6 Å². The largest absolute Gasteiger partial charge is 0.423 e. The molecule has 0 aliphatic rings. The number of para-hydroxylation sites is 1. The maximum atomic E-state index is 10.9. The summed E-state index contributed by atoms with van der Waals surface area (Å²) in [6.07, 6.45) is 0. The van der Waals surface area contributed by atoms with E-state index in [-0.39, 0.29) is 11.2 Å². The fourth-order valence-corrected chi connectivity index (χ4v) is 1.57. The van der Waals surface area contributed by atoms with E-state index in [9.17, 15) is 10.1 Å². The van der Waals surface area contributed by atoms with Crippen LogP contribution in [0.25, 0.3) is 11.1 Å². The first kappa shape index (κ1) is 13.3. The molecule has 0 saturated carbocycles. The Labute approximate surface area is 110 Å². The van der Waals surface area contributed by atoms with E-state index >= 15 is 0 Å². The van der Waals surface area contributed by atoms with E-state index in [1.54, 1.807) is 12.1 Å². The number of benzene rings is 1. The summed E-state index contributed by atoms with van der Waals surface area (Å²) in [5.74, 6) is 0. The van der Waals surface area contributed by atoms with Crippen LogP contribution >= 0.6 is 0 Å². The van der Waals surface area contributed by atoms with Gasteiger partial charge in [-0.15, -0.1) is 0 Å². The molecule has 1 N–H and O–H groups in total. The van der Waals surface area contributed by atoms with Gasteiger partial charge in [-0.05, 0) is 27.1 Å². The van der Waals surface area contributed by atoms with E-state index in [4.69, 9.17) is 4.42 Å². The predicted octanol–water partition coefficient (Wildman–Crippen LogP) is 2.10. The number of nitrogens with one attached hydrogen (secondary N) is 1. The highest BCUT2D eigenvalue weighted by molar-refractivity contribution is 5.83. The average molecular weight is 264 g/mol. The van der Waals surface area contributed by atoms with E-state index < -0.39 is 4.92 Å². The van der Waals surface area contributed by atoms with Gasteiger partial charge in [-0.25, -0.2) is 0 Å². The second-order valence-corrected chi connectivity index (χ2v) is 4.59. The topological polar surface area (TPSA) is 84.4 Å². The molecule has 1 heterocycles. The van der Waals surface area contributed by atoms with Crippen molar-refractivity contribution in [1.29, 1.82) is 0 Å². The van der Waals surface area contributed by atoms with Crippen LogP contribution in [0.5, 0.6) is 0 Å². The van der Waals surface area contributed by atoms with Gasteiger partial charge in [0.1, 0.15) is 0 Å². The van der Waals surface area contributed by atoms with Gasteiger partial charge in [-0.1, -0.05) is 6.07 Å². The third kappa shape index (κ3) is 2.82. The molecule has 1 aromatic heterocycles. The van der Waals surface area contributed by atoms with E-state index in [2.05, 4.69) is 22.1 Å². The van der Waals surface area contributed by atoms with Crippen LogP contribution in [0.4, 0.5) is 11.7 Å². The number of fused-ring (bicyclic) bond motifs is 1. The molecule has 0 amide bonds. The molecule has 1 aromatic carbocycles. The van der Waals surface area contributed by atoms with Crippen LogP contribution in [0.2, 0.25) is 0 Å². The molecular weight excluding hydrogens is 248 g/mol. The molecule has 0 saturated heterocycles. The Balaban J connectivity index is 2.22. The highest BCUT2D eigenvalue weighted by Gasteiger charge is 2.17. The minimum atomic E-state index is -0.461. The fourth-order valence-electron chi connectivity index (χ4n) is 1.57. The monoisotopic (exact) mass is 264 g/mol. The summed E-state index contributed by atoms with van der Waals surface area (Å²) < 4.78 is 5.44. The Morgan fingerprint density at radius 3 is 2.89 bits per heavy atom. The molecule has 2 aromatic rings. The molecule has 19 heavy (non-hydrogen) atoms. The quantitative estimate of drug-likeness (QED) is 0.657. The number of non-ortho nitro benzene ring substituents is 1. The summed E-state index contributed by atoms with van der Waals surface area (Å²) in [6, 6.07) is 5.26. The van der Waals surface area contributed by atoms with Crippen LogP contribution in [-0.2, 0) is 0 Å². The van der Waals surface area contributed by atoms with Gasteiger partial charge in [0.15, 0.2) is 11.1 Å². The van der Waals surface area contributed by atoms with E-state index in [0.29, 0.717) is 24.2 Å². The van der Waals surface area contributed by atoms with Crippen LogP contribution in [0.1, 0.15) is 6.92 Å². The number of nitro benzene ring substituents is 1. The highest BCUT2D eigenvalue weighted by atomic mass is 16.6. The molecule has 102 valence electrons. The molecule has 1 atom stereocenters. The molecule has 0 aliphatic carbocycles. The molecule has 0 radical (unpaired) electrons. The zero-order chi connectivity index (χ0) is 14.0. The van der Waals surface area contributed by atoms with Crippen molar-refractivity contribution in [2.24, 2.45) is 0 Å². The van der Waals surface area contributed by atoms with Crippen LogP contribution in [0, 0.1) is 10.1 Å². The highest BCUT2D eigenvalue weighted by Crippen LogP contribution is 2.27. The average Bonchev–Trinajstić information content (AvgIpc) is 2.77. The summed E-state index contributed by atoms with van der Waals surface area (Å²) >= 11 is 0. The van der Waals surface area contributed by atoms with Crippen LogP contribution in [0.15, 0.2) is 22.6 Å². The SMILES string of the molecule is CC(CNc1nc2c([N+](=O)[O-])cccc2o1)N(C)C. The lowest BCUT2D eigenvalue weighted by Crippen LogP contribution is -2.31. The Hall–Kier alpha value is -2.15. The summed E-state index contributed by atoms with van der Waals surface area (Å²) in [5, 5.41) is 13.9. The van der Waals surface area contributed by atoms with Crippen molar-refractivity contribution in [3.63, 3.8) is 0 Å². The zero-order valence-electron chi connectivity index (χ0n) is 11.1. The van der Waals surface area contributed by atoms with Crippen LogP contribution < -0.4 is 5.32 Å². The fraction of sp³-hybridized carbons (Fsp3) is 0.417. The standard InChI is InChI=1S/C12H16N4O3/c1-8(15(2)3)7-13-12-14-11-9(16(17)18)5-4-6-10(11)19-12/h4-6,8H,7H2,1-3H3,(H,13,14). The molecular formula is C12H16N4O3. The number of nitro groups is 1. The van der Waals surface area contributed by atoms with Crippen molar-refractivity contribution in [1.82, 2.24) is 9.88 Å². The minimum Gasteiger partial charge on any atom is -0.423 e. The van der Waals surface area contributed by atoms with E-state index in [1.165, 1.54) is 6.07 Å². The molecule has 0 aliphatic heterocycles. The minimum absolute atomic E-state index is 0.0463. The smallest absolute Gasteiger partial charge is 0.298 e. The lowest BCUT2D eigenvalue weighted by Gasteiger charge is -2.19. The molecule has 1 unspecified atom stereocenters. The first-order valence-corrected chi connectivity index (χ1v) is 5.93. The third-order valence-electron chi connectivity index (χ3n) is 3.02. The third-order valence-corrected chi connectivity index (χ3v) is 3.02. The molecule has 7 nitrogen and oxygen atoms in total. The van der Waals surface area contributed by atoms with Crippen LogP contribution in [-0.4, -0.2) is 41.5 Å². The summed E-state index contributed by atoms with van der Waals surface area (Å²) in [6.45, 7) is 2.70. The first-order chi connectivity index (χ1) is 8.99. The van der Waals surface area contributed by atoms with Crippen molar-refractivity contribution < 1.29 is 9.34 Å². The molecule has 0 fully saturated rings. The molecule has 0 bridgehead atoms. The van der Waals surface area contributed by atoms with Crippen molar-refractivity contribution in [2.45, 2.75) is 13.0 Å². The Morgan fingerprint density at radius 2 is 2.26 bits per heavy atom. The summed E-state index contributed by atoms with van der Waals surface area (Å²) in [7, 11) is 3.95. The molecule has 2 rings (SSSR count). The van der Waals surface area contributed by atoms with E-state index in [0.717, 1.165) is 0 Å². The number of nitrogens with zero attached hydrogens (tertiary/aromatic N) is 3. The lowest BCUT2D eigenvalue weighted by molar-refractivity contribution is -0.383. The summed E-state index contributed by atoms with van der Waals surface area (Å²) in [4.78, 5) is 16.6. The number of likely N-dealkylation sites (N-methyl/N-ethyl adjacent to an activating group) is 1. The number of anilines is 1. The molecule has 7 heteroatoms. The first-order valence-electron chi connectivity index (χ1n) is 5.93. The number of oxazole rings is 1. The Kier molecular flexibility index (Phi) is 3.66. The number of hydrogen-bond acceptors (Lipinski definition) is 6. The van der Waals surface area contributed by atoms with E-state index in [1.807, 2.05) is 14.1 Å². The van der Waals surface area contributed by atoms with Crippen molar-refractivity contribution >= 4 is 22.8 Å².